The van der Waals surface area contributed by atoms with Crippen LogP contribution in [0.4, 0.5) is 10.1 Å². The van der Waals surface area contributed by atoms with Gasteiger partial charge in [0.2, 0.25) is 0 Å². The van der Waals surface area contributed by atoms with Crippen molar-refractivity contribution in [2.75, 3.05) is 11.9 Å². The number of rotatable bonds is 5. The maximum Gasteiger partial charge on any atom is 0.313 e. The van der Waals surface area contributed by atoms with Gasteiger partial charge >= 0.3 is 11.8 Å². The van der Waals surface area contributed by atoms with Crippen molar-refractivity contribution in [1.82, 2.24) is 5.32 Å². The molecule has 0 aliphatic rings. The molecule has 0 saturated carbocycles. The lowest BCUT2D eigenvalue weighted by Crippen LogP contribution is -2.36. The first-order valence-electron chi connectivity index (χ1n) is 7.53. The molecule has 5 nitrogen and oxygen atoms in total. The van der Waals surface area contributed by atoms with Crippen molar-refractivity contribution in [3.05, 3.63) is 65.0 Å². The molecule has 3 N–H and O–H groups in total. The molecule has 0 aliphatic carbocycles. The van der Waals surface area contributed by atoms with Crippen LogP contribution in [-0.2, 0) is 22.6 Å². The van der Waals surface area contributed by atoms with E-state index in [9.17, 15) is 14.0 Å². The molecule has 2 aromatic rings. The number of anilines is 1. The van der Waals surface area contributed by atoms with Gasteiger partial charge in [0.05, 0.1) is 6.61 Å². The maximum atomic E-state index is 13.2. The third kappa shape index (κ3) is 4.89. The highest BCUT2D eigenvalue weighted by molar-refractivity contribution is 6.39. The van der Waals surface area contributed by atoms with Crippen LogP contribution < -0.4 is 10.6 Å². The molecule has 0 spiro atoms. The van der Waals surface area contributed by atoms with Gasteiger partial charge in [-0.25, -0.2) is 4.39 Å². The van der Waals surface area contributed by atoms with Crippen LogP contribution in [0.2, 0.25) is 0 Å². The second-order valence-electron chi connectivity index (χ2n) is 5.39. The van der Waals surface area contributed by atoms with Crippen LogP contribution in [0.3, 0.4) is 0 Å². The van der Waals surface area contributed by atoms with Crippen molar-refractivity contribution >= 4 is 17.5 Å². The van der Waals surface area contributed by atoms with Gasteiger partial charge in [-0.15, -0.1) is 0 Å². The summed E-state index contributed by atoms with van der Waals surface area (Å²) in [4.78, 5) is 23.6. The fourth-order valence-electron chi connectivity index (χ4n) is 2.12. The first-order chi connectivity index (χ1) is 11.5. The van der Waals surface area contributed by atoms with E-state index >= 15 is 0 Å². The minimum absolute atomic E-state index is 0.0172. The summed E-state index contributed by atoms with van der Waals surface area (Å²) in [6.07, 6.45) is 0.559. The Balaban J connectivity index is 1.83. The molecule has 24 heavy (non-hydrogen) atoms. The van der Waals surface area contributed by atoms with Gasteiger partial charge < -0.3 is 15.7 Å². The summed E-state index contributed by atoms with van der Waals surface area (Å²) in [6, 6.07) is 11.3. The molecule has 0 aromatic heterocycles. The van der Waals surface area contributed by atoms with Crippen LogP contribution in [0.1, 0.15) is 16.7 Å². The smallest absolute Gasteiger partial charge is 0.313 e. The topological polar surface area (TPSA) is 78.4 Å². The Kier molecular flexibility index (Phi) is 6.03. The summed E-state index contributed by atoms with van der Waals surface area (Å²) < 4.78 is 13.2. The van der Waals surface area contributed by atoms with Gasteiger partial charge in [-0.3, -0.25) is 9.59 Å². The molecule has 0 radical (unpaired) electrons. The zero-order valence-corrected chi connectivity index (χ0v) is 13.3. The third-order valence-electron chi connectivity index (χ3n) is 3.56. The summed E-state index contributed by atoms with van der Waals surface area (Å²) in [5, 5.41) is 13.9. The number of nitrogens with one attached hydrogen (secondary N) is 2. The van der Waals surface area contributed by atoms with E-state index in [4.69, 9.17) is 5.11 Å². The van der Waals surface area contributed by atoms with Crippen molar-refractivity contribution in [2.45, 2.75) is 20.0 Å². The average Bonchev–Trinajstić information content (AvgIpc) is 2.58. The molecule has 6 heteroatoms. The van der Waals surface area contributed by atoms with Crippen LogP contribution in [0, 0.1) is 12.7 Å². The largest absolute Gasteiger partial charge is 0.392 e. The molecule has 126 valence electrons. The molecular weight excluding hydrogens is 311 g/mol. The zero-order chi connectivity index (χ0) is 17.5. The van der Waals surface area contributed by atoms with E-state index < -0.39 is 17.6 Å². The van der Waals surface area contributed by atoms with E-state index in [1.54, 1.807) is 19.1 Å². The molecule has 0 unspecified atom stereocenters. The predicted octanol–water partition coefficient (Wildman–Crippen LogP) is 1.92. The number of aliphatic hydroxyl groups is 1. The highest BCUT2D eigenvalue weighted by Crippen LogP contribution is 2.15. The van der Waals surface area contributed by atoms with Crippen LogP contribution in [0.25, 0.3) is 0 Å². The fourth-order valence-corrected chi connectivity index (χ4v) is 2.12. The zero-order valence-electron chi connectivity index (χ0n) is 13.3. The molecule has 0 heterocycles. The number of hydrogen-bond donors (Lipinski definition) is 3. The number of carbonyl (C=O) groups excluding carboxylic acids is 2. The van der Waals surface area contributed by atoms with Crippen molar-refractivity contribution in [2.24, 2.45) is 0 Å². The summed E-state index contributed by atoms with van der Waals surface area (Å²) in [6.45, 7) is 1.99. The Bertz CT molecular complexity index is 730. The molecular formula is C18H19FN2O3. The highest BCUT2D eigenvalue weighted by Gasteiger charge is 2.14. The number of benzene rings is 2. The Labute approximate surface area is 139 Å². The Morgan fingerprint density at radius 2 is 1.71 bits per heavy atom. The van der Waals surface area contributed by atoms with Gasteiger partial charge in [-0.2, -0.15) is 0 Å². The molecule has 2 rings (SSSR count). The summed E-state index contributed by atoms with van der Waals surface area (Å²) in [5.41, 5.74) is 2.73. The van der Waals surface area contributed by atoms with Gasteiger partial charge in [-0.05, 0) is 42.2 Å². The van der Waals surface area contributed by atoms with E-state index in [0.29, 0.717) is 18.5 Å². The van der Waals surface area contributed by atoms with Crippen LogP contribution in [0.15, 0.2) is 42.5 Å². The predicted molar refractivity (Wildman–Crippen MR) is 88.8 cm³/mol. The second kappa shape index (κ2) is 8.21. The Morgan fingerprint density at radius 3 is 2.38 bits per heavy atom. The average molecular weight is 330 g/mol. The Hall–Kier alpha value is -2.73. The molecule has 0 aliphatic heterocycles. The van der Waals surface area contributed by atoms with Crippen LogP contribution >= 0.6 is 0 Å². The molecule has 0 saturated heterocycles. The lowest BCUT2D eigenvalue weighted by molar-refractivity contribution is -0.136. The standard InChI is InChI=1S/C18H19FN2O3/c1-12-2-7-15(19)10-16(12)21-18(24)17(23)20-9-8-13-3-5-14(11-22)6-4-13/h2-7,10,22H,8-9,11H2,1H3,(H,20,23)(H,21,24). The van der Waals surface area contributed by atoms with Gasteiger partial charge in [-0.1, -0.05) is 30.3 Å². The maximum absolute atomic E-state index is 13.2. The summed E-state index contributed by atoms with van der Waals surface area (Å²) in [5.74, 6) is -2.09. The van der Waals surface area contributed by atoms with Crippen molar-refractivity contribution in [3.63, 3.8) is 0 Å². The number of aryl methyl sites for hydroxylation is 1. The fraction of sp³-hybridized carbons (Fsp3) is 0.222. The number of amides is 2. The minimum atomic E-state index is -0.834. The number of aliphatic hydroxyl groups excluding tert-OH is 1. The molecule has 2 aromatic carbocycles. The lowest BCUT2D eigenvalue weighted by atomic mass is 10.1. The van der Waals surface area contributed by atoms with E-state index in [1.807, 2.05) is 12.1 Å². The monoisotopic (exact) mass is 330 g/mol. The second-order valence-corrected chi connectivity index (χ2v) is 5.39. The third-order valence-corrected chi connectivity index (χ3v) is 3.56. The summed E-state index contributed by atoms with van der Waals surface area (Å²) in [7, 11) is 0. The first kappa shape index (κ1) is 17.6. The van der Waals surface area contributed by atoms with Gasteiger partial charge in [0.15, 0.2) is 0 Å². The summed E-state index contributed by atoms with van der Waals surface area (Å²) >= 11 is 0. The van der Waals surface area contributed by atoms with Crippen molar-refractivity contribution < 1.29 is 19.1 Å². The SMILES string of the molecule is Cc1ccc(F)cc1NC(=O)C(=O)NCCc1ccc(CO)cc1. The number of carbonyl (C=O) groups is 2. The van der Waals surface area contributed by atoms with Gasteiger partial charge in [0.25, 0.3) is 0 Å². The first-order valence-corrected chi connectivity index (χ1v) is 7.53. The highest BCUT2D eigenvalue weighted by atomic mass is 19.1. The van der Waals surface area contributed by atoms with Crippen LogP contribution in [0.5, 0.6) is 0 Å². The number of hydrogen-bond acceptors (Lipinski definition) is 3. The minimum Gasteiger partial charge on any atom is -0.392 e. The molecule has 2 amide bonds. The van der Waals surface area contributed by atoms with E-state index in [1.165, 1.54) is 18.2 Å². The number of halogens is 1. The molecule has 0 atom stereocenters. The van der Waals surface area contributed by atoms with Crippen molar-refractivity contribution in [1.29, 1.82) is 0 Å². The van der Waals surface area contributed by atoms with E-state index in [2.05, 4.69) is 10.6 Å². The van der Waals surface area contributed by atoms with E-state index in [0.717, 1.165) is 11.1 Å². The normalized spacial score (nSPS) is 10.3. The van der Waals surface area contributed by atoms with Crippen LogP contribution in [-0.4, -0.2) is 23.5 Å². The van der Waals surface area contributed by atoms with Crippen molar-refractivity contribution in [3.8, 4) is 0 Å². The molecule has 0 bridgehead atoms. The molecule has 0 fully saturated rings. The Morgan fingerprint density at radius 1 is 1.04 bits per heavy atom. The quantitative estimate of drug-likeness (QED) is 0.733. The lowest BCUT2D eigenvalue weighted by Gasteiger charge is -2.09. The van der Waals surface area contributed by atoms with Gasteiger partial charge in [0.1, 0.15) is 5.82 Å². The van der Waals surface area contributed by atoms with Gasteiger partial charge in [0, 0.05) is 12.2 Å². The van der Waals surface area contributed by atoms with E-state index in [-0.39, 0.29) is 12.3 Å².